The number of rotatable bonds is 6. The van der Waals surface area contributed by atoms with E-state index < -0.39 is 0 Å². The summed E-state index contributed by atoms with van der Waals surface area (Å²) >= 11 is 3.31. The highest BCUT2D eigenvalue weighted by atomic mass is 32.2. The van der Waals surface area contributed by atoms with Crippen molar-refractivity contribution < 1.29 is 4.79 Å². The highest BCUT2D eigenvalue weighted by Crippen LogP contribution is 2.31. The van der Waals surface area contributed by atoms with Crippen LogP contribution in [0.15, 0.2) is 0 Å². The summed E-state index contributed by atoms with van der Waals surface area (Å²) in [7, 11) is 0. The molecule has 112 valence electrons. The highest BCUT2D eigenvalue weighted by molar-refractivity contribution is 7.99. The Balaban J connectivity index is 1.92. The van der Waals surface area contributed by atoms with Gasteiger partial charge < -0.3 is 16.4 Å². The van der Waals surface area contributed by atoms with Crippen molar-refractivity contribution in [1.29, 1.82) is 0 Å². The number of anilines is 2. The summed E-state index contributed by atoms with van der Waals surface area (Å²) < 4.78 is 0. The molecule has 1 saturated carbocycles. The third kappa shape index (κ3) is 3.79. The Morgan fingerprint density at radius 1 is 1.50 bits per heavy atom. The lowest BCUT2D eigenvalue weighted by Crippen LogP contribution is -2.33. The molecule has 2 rings (SSSR count). The molecule has 1 aromatic rings. The van der Waals surface area contributed by atoms with Gasteiger partial charge in [-0.25, -0.2) is 4.98 Å². The lowest BCUT2D eigenvalue weighted by Gasteiger charge is -2.12. The molecular weight excluding hydrogens is 292 g/mol. The molecule has 0 aliphatic heterocycles. The van der Waals surface area contributed by atoms with Gasteiger partial charge in [0.1, 0.15) is 10.7 Å². The van der Waals surface area contributed by atoms with Gasteiger partial charge in [0, 0.05) is 17.8 Å². The summed E-state index contributed by atoms with van der Waals surface area (Å²) in [4.78, 5) is 16.9. The van der Waals surface area contributed by atoms with Gasteiger partial charge in [-0.3, -0.25) is 4.79 Å². The molecule has 0 radical (unpaired) electrons. The molecule has 0 spiro atoms. The van der Waals surface area contributed by atoms with Gasteiger partial charge in [0.2, 0.25) is 0 Å². The fraction of sp³-hybridized carbons (Fsp3) is 0.692. The molecule has 1 aliphatic carbocycles. The van der Waals surface area contributed by atoms with Crippen molar-refractivity contribution in [3.63, 3.8) is 0 Å². The fourth-order valence-corrected chi connectivity index (χ4v) is 4.43. The first-order valence-corrected chi connectivity index (χ1v) is 8.93. The molecule has 0 aromatic carbocycles. The summed E-state index contributed by atoms with van der Waals surface area (Å²) in [5.74, 6) is 1.37. The molecule has 1 heterocycles. The topological polar surface area (TPSA) is 80.0 Å². The van der Waals surface area contributed by atoms with Crippen molar-refractivity contribution in [1.82, 2.24) is 10.3 Å². The Hall–Kier alpha value is -0.950. The standard InChI is InChI=1S/C13H22N4OS2/c1-3-15-13-17-11(14)10(20-13)12(18)16-8-5-6-9(7-8)19-4-2/h8-9H,3-7,14H2,1-2H3,(H,15,17)(H,16,18). The number of carbonyl (C=O) groups excluding carboxylic acids is 1. The molecule has 2 unspecified atom stereocenters. The Morgan fingerprint density at radius 3 is 3.00 bits per heavy atom. The van der Waals surface area contributed by atoms with E-state index >= 15 is 0 Å². The van der Waals surface area contributed by atoms with E-state index in [2.05, 4.69) is 22.5 Å². The fourth-order valence-electron chi connectivity index (χ4n) is 2.43. The van der Waals surface area contributed by atoms with E-state index in [4.69, 9.17) is 5.73 Å². The number of nitrogens with two attached hydrogens (primary N) is 1. The maximum absolute atomic E-state index is 12.2. The van der Waals surface area contributed by atoms with Crippen molar-refractivity contribution in [3.8, 4) is 0 Å². The minimum atomic E-state index is -0.0868. The van der Waals surface area contributed by atoms with E-state index in [-0.39, 0.29) is 11.9 Å². The number of thioether (sulfide) groups is 1. The van der Waals surface area contributed by atoms with Crippen LogP contribution >= 0.6 is 23.1 Å². The molecule has 7 heteroatoms. The van der Waals surface area contributed by atoms with Gasteiger partial charge in [0.25, 0.3) is 5.91 Å². The quantitative estimate of drug-likeness (QED) is 0.752. The van der Waals surface area contributed by atoms with Crippen LogP contribution in [0.4, 0.5) is 10.9 Å². The first kappa shape index (κ1) is 15.4. The first-order valence-electron chi connectivity index (χ1n) is 7.06. The van der Waals surface area contributed by atoms with Crippen LogP contribution in [-0.4, -0.2) is 34.5 Å². The molecule has 5 nitrogen and oxygen atoms in total. The Kier molecular flexibility index (Phi) is 5.54. The molecule has 4 N–H and O–H groups in total. The van der Waals surface area contributed by atoms with Crippen LogP contribution in [0.2, 0.25) is 0 Å². The maximum atomic E-state index is 12.2. The number of carbonyl (C=O) groups is 1. The summed E-state index contributed by atoms with van der Waals surface area (Å²) in [6.07, 6.45) is 3.30. The van der Waals surface area contributed by atoms with Gasteiger partial charge >= 0.3 is 0 Å². The molecular formula is C13H22N4OS2. The predicted octanol–water partition coefficient (Wildman–Crippen LogP) is 2.56. The molecule has 1 aromatic heterocycles. The van der Waals surface area contributed by atoms with Crippen LogP contribution in [0.3, 0.4) is 0 Å². The van der Waals surface area contributed by atoms with Gasteiger partial charge in [-0.15, -0.1) is 0 Å². The van der Waals surface area contributed by atoms with Gasteiger partial charge in [-0.2, -0.15) is 11.8 Å². The molecule has 0 saturated heterocycles. The van der Waals surface area contributed by atoms with Crippen LogP contribution < -0.4 is 16.4 Å². The zero-order valence-electron chi connectivity index (χ0n) is 11.9. The lowest BCUT2D eigenvalue weighted by molar-refractivity contribution is 0.0943. The smallest absolute Gasteiger partial charge is 0.265 e. The van der Waals surface area contributed by atoms with Crippen molar-refractivity contribution in [3.05, 3.63) is 4.88 Å². The van der Waals surface area contributed by atoms with Crippen molar-refractivity contribution in [2.24, 2.45) is 0 Å². The van der Waals surface area contributed by atoms with Crippen molar-refractivity contribution >= 4 is 40.0 Å². The van der Waals surface area contributed by atoms with Crippen LogP contribution in [0.1, 0.15) is 42.8 Å². The normalized spacial score (nSPS) is 21.9. The zero-order valence-corrected chi connectivity index (χ0v) is 13.6. The number of amides is 1. The van der Waals surface area contributed by atoms with Gasteiger partial charge in [-0.1, -0.05) is 18.3 Å². The number of hydrogen-bond acceptors (Lipinski definition) is 6. The van der Waals surface area contributed by atoms with E-state index in [0.717, 1.165) is 25.1 Å². The Bertz CT molecular complexity index is 463. The van der Waals surface area contributed by atoms with Crippen LogP contribution in [-0.2, 0) is 0 Å². The van der Waals surface area contributed by atoms with Crippen LogP contribution in [0.5, 0.6) is 0 Å². The Labute approximate surface area is 128 Å². The second kappa shape index (κ2) is 7.17. The average Bonchev–Trinajstić information content (AvgIpc) is 2.97. The number of thiazole rings is 1. The number of nitrogen functional groups attached to an aromatic ring is 1. The molecule has 0 bridgehead atoms. The van der Waals surface area contributed by atoms with E-state index in [9.17, 15) is 4.79 Å². The van der Waals surface area contributed by atoms with Crippen molar-refractivity contribution in [2.45, 2.75) is 44.4 Å². The second-order valence-electron chi connectivity index (χ2n) is 4.82. The van der Waals surface area contributed by atoms with Crippen LogP contribution in [0, 0.1) is 0 Å². The highest BCUT2D eigenvalue weighted by Gasteiger charge is 2.27. The number of aromatic nitrogens is 1. The predicted molar refractivity (Wildman–Crippen MR) is 87.7 cm³/mol. The minimum absolute atomic E-state index is 0.0868. The zero-order chi connectivity index (χ0) is 14.5. The molecule has 20 heavy (non-hydrogen) atoms. The molecule has 2 atom stereocenters. The summed E-state index contributed by atoms with van der Waals surface area (Å²) in [6.45, 7) is 4.94. The van der Waals surface area contributed by atoms with E-state index in [1.165, 1.54) is 17.8 Å². The first-order chi connectivity index (χ1) is 9.63. The van der Waals surface area contributed by atoms with Crippen LogP contribution in [0.25, 0.3) is 0 Å². The third-order valence-corrected chi connectivity index (χ3v) is 5.57. The van der Waals surface area contributed by atoms with E-state index in [1.54, 1.807) is 0 Å². The monoisotopic (exact) mass is 314 g/mol. The third-order valence-electron chi connectivity index (χ3n) is 3.31. The second-order valence-corrected chi connectivity index (χ2v) is 7.40. The summed E-state index contributed by atoms with van der Waals surface area (Å²) in [5, 5.41) is 7.57. The molecule has 1 fully saturated rings. The Morgan fingerprint density at radius 2 is 2.30 bits per heavy atom. The van der Waals surface area contributed by atoms with Gasteiger partial charge in [-0.05, 0) is 31.9 Å². The van der Waals surface area contributed by atoms with E-state index in [1.807, 2.05) is 18.7 Å². The summed E-state index contributed by atoms with van der Waals surface area (Å²) in [5.41, 5.74) is 5.82. The molecule has 1 aliphatic rings. The van der Waals surface area contributed by atoms with Crippen molar-refractivity contribution in [2.75, 3.05) is 23.3 Å². The number of hydrogen-bond donors (Lipinski definition) is 3. The number of nitrogens with zero attached hydrogens (tertiary/aromatic N) is 1. The van der Waals surface area contributed by atoms with Gasteiger partial charge in [0.15, 0.2) is 5.13 Å². The maximum Gasteiger partial charge on any atom is 0.265 e. The largest absolute Gasteiger partial charge is 0.382 e. The minimum Gasteiger partial charge on any atom is -0.382 e. The summed E-state index contributed by atoms with van der Waals surface area (Å²) in [6, 6.07) is 0.274. The molecule has 1 amide bonds. The number of nitrogens with one attached hydrogen (secondary N) is 2. The van der Waals surface area contributed by atoms with Gasteiger partial charge in [0.05, 0.1) is 0 Å². The lowest BCUT2D eigenvalue weighted by atomic mass is 10.2. The average molecular weight is 314 g/mol. The van der Waals surface area contributed by atoms with E-state index in [0.29, 0.717) is 21.1 Å². The SMILES string of the molecule is CCNc1nc(N)c(C(=O)NC2CCC(SCC)C2)s1.